The van der Waals surface area contributed by atoms with Crippen LogP contribution < -0.4 is 10.1 Å². The average molecular weight is 515 g/mol. The van der Waals surface area contributed by atoms with Gasteiger partial charge in [0, 0.05) is 21.5 Å². The number of ether oxygens (including phenoxy) is 1. The highest BCUT2D eigenvalue weighted by Crippen LogP contribution is 2.56. The average Bonchev–Trinajstić information content (AvgIpc) is 3.31. The normalized spacial score (nSPS) is 23.1. The summed E-state index contributed by atoms with van der Waals surface area (Å²) in [5.41, 5.74) is 2.58. The lowest BCUT2D eigenvalue weighted by molar-refractivity contribution is -0.161. The summed E-state index contributed by atoms with van der Waals surface area (Å²) in [6.45, 7) is 0. The van der Waals surface area contributed by atoms with Crippen LogP contribution in [0.3, 0.4) is 0 Å². The molecule has 0 saturated heterocycles. The molecule has 1 N–H and O–H groups in total. The van der Waals surface area contributed by atoms with E-state index in [4.69, 9.17) is 33.0 Å². The van der Waals surface area contributed by atoms with E-state index >= 15 is 0 Å². The van der Waals surface area contributed by atoms with Crippen LogP contribution in [0.15, 0.2) is 70.2 Å². The summed E-state index contributed by atoms with van der Waals surface area (Å²) in [7, 11) is 0. The molecule has 0 bridgehead atoms. The van der Waals surface area contributed by atoms with Gasteiger partial charge in [-0.25, -0.2) is 5.01 Å². The maximum atomic E-state index is 13.5. The van der Waals surface area contributed by atoms with Crippen molar-refractivity contribution in [1.82, 2.24) is 5.01 Å². The van der Waals surface area contributed by atoms with E-state index in [1.165, 1.54) is 0 Å². The number of nitrogens with zero attached hydrogens (tertiary/aromatic N) is 2. The van der Waals surface area contributed by atoms with E-state index in [0.29, 0.717) is 33.5 Å². The minimum absolute atomic E-state index is 0.258. The smallest absolute Gasteiger partial charge is 0.306 e. The molecule has 31 heavy (non-hydrogen) atoms. The van der Waals surface area contributed by atoms with Gasteiger partial charge < -0.3 is 10.1 Å². The topological polar surface area (TPSA) is 53.9 Å². The molecule has 0 unspecified atom stereocenters. The fraction of sp³-hybridized carbons (Fsp3) is 0.130. The number of hydrogen-bond acceptors (Lipinski definition) is 4. The van der Waals surface area contributed by atoms with Gasteiger partial charge in [-0.05, 0) is 35.9 Å². The molecule has 5 nitrogen and oxygen atoms in total. The maximum Gasteiger partial charge on any atom is 0.306 e. The molecular weight excluding hydrogens is 501 g/mol. The van der Waals surface area contributed by atoms with Crippen molar-refractivity contribution in [1.29, 1.82) is 0 Å². The first-order valence-electron chi connectivity index (χ1n) is 9.69. The molecular formula is C23H14BrCl2N3O2. The van der Waals surface area contributed by atoms with Crippen molar-refractivity contribution in [3.63, 3.8) is 0 Å². The highest BCUT2D eigenvalue weighted by atomic mass is 79.9. The Kier molecular flexibility index (Phi) is 4.16. The van der Waals surface area contributed by atoms with Crippen molar-refractivity contribution >= 4 is 56.4 Å². The molecule has 0 saturated carbocycles. The van der Waals surface area contributed by atoms with Crippen LogP contribution in [0.5, 0.6) is 5.75 Å². The predicted octanol–water partition coefficient (Wildman–Crippen LogP) is 6.10. The van der Waals surface area contributed by atoms with Crippen LogP contribution in [0.25, 0.3) is 0 Å². The molecule has 8 heteroatoms. The molecule has 1 spiro atoms. The number of nitrogens with one attached hydrogen (secondary N) is 1. The first kappa shape index (κ1) is 19.2. The summed E-state index contributed by atoms with van der Waals surface area (Å²) in [5, 5.41) is 10.5. The molecule has 6 rings (SSSR count). The van der Waals surface area contributed by atoms with Gasteiger partial charge in [0.2, 0.25) is 0 Å². The Morgan fingerprint density at radius 3 is 2.74 bits per heavy atom. The van der Waals surface area contributed by atoms with Gasteiger partial charge in [-0.15, -0.1) is 0 Å². The molecule has 3 aliphatic rings. The number of hydrogen-bond donors (Lipinski definition) is 1. The van der Waals surface area contributed by atoms with Crippen LogP contribution in [0.2, 0.25) is 10.0 Å². The van der Waals surface area contributed by atoms with Crippen LogP contribution in [0.4, 0.5) is 5.69 Å². The number of carbonyl (C=O) groups excluding carboxylic acids is 1. The predicted molar refractivity (Wildman–Crippen MR) is 124 cm³/mol. The Morgan fingerprint density at radius 2 is 1.94 bits per heavy atom. The molecule has 1 amide bonds. The van der Waals surface area contributed by atoms with Gasteiger partial charge in [0.1, 0.15) is 5.75 Å². The third kappa shape index (κ3) is 2.68. The maximum absolute atomic E-state index is 13.5. The Bertz CT molecular complexity index is 1300. The third-order valence-electron chi connectivity index (χ3n) is 5.89. The first-order chi connectivity index (χ1) is 15.0. The SMILES string of the molecule is O=C1Nc2ccc(Br)cc2[C@]12Oc1c(Cl)cc(Cl)cc1[C@@H]1CC(c3ccccc3)=NN12. The summed E-state index contributed by atoms with van der Waals surface area (Å²) < 4.78 is 7.29. The van der Waals surface area contributed by atoms with Crippen LogP contribution in [0, 0.1) is 0 Å². The second-order valence-corrected chi connectivity index (χ2v) is 9.43. The Labute approximate surface area is 196 Å². The van der Waals surface area contributed by atoms with E-state index in [9.17, 15) is 4.79 Å². The number of fused-ring (bicyclic) bond motifs is 6. The zero-order valence-electron chi connectivity index (χ0n) is 15.9. The Hall–Kier alpha value is -2.54. The van der Waals surface area contributed by atoms with Crippen LogP contribution in [-0.2, 0) is 10.5 Å². The van der Waals surface area contributed by atoms with E-state index < -0.39 is 5.72 Å². The minimum Gasteiger partial charge on any atom is -0.451 e. The van der Waals surface area contributed by atoms with E-state index in [1.54, 1.807) is 11.1 Å². The third-order valence-corrected chi connectivity index (χ3v) is 6.88. The highest BCUT2D eigenvalue weighted by molar-refractivity contribution is 9.10. The zero-order valence-corrected chi connectivity index (χ0v) is 19.0. The van der Waals surface area contributed by atoms with Crippen LogP contribution >= 0.6 is 39.1 Å². The summed E-state index contributed by atoms with van der Waals surface area (Å²) in [5.74, 6) is 0.153. The molecule has 2 atom stereocenters. The monoisotopic (exact) mass is 513 g/mol. The van der Waals surface area contributed by atoms with Gasteiger partial charge in [0.05, 0.1) is 28.0 Å². The standard InChI is InChI=1S/C23H14BrCl2N3O2/c24-13-6-7-18-16(8-13)23(22(30)27-18)29-20(11-19(28-29)12-4-2-1-3-5-12)15-9-14(25)10-17(26)21(15)31-23/h1-10,20H,11H2,(H,27,30)/t20-,23-/m0/s1. The number of benzene rings is 3. The lowest BCUT2D eigenvalue weighted by Crippen LogP contribution is -2.55. The first-order valence-corrected chi connectivity index (χ1v) is 11.2. The van der Waals surface area contributed by atoms with Crippen molar-refractivity contribution in [3.8, 4) is 5.75 Å². The second-order valence-electron chi connectivity index (χ2n) is 7.67. The van der Waals surface area contributed by atoms with E-state index in [1.807, 2.05) is 54.6 Å². The number of carbonyl (C=O) groups is 1. The number of hydrazone groups is 1. The van der Waals surface area contributed by atoms with E-state index in [2.05, 4.69) is 21.2 Å². The summed E-state index contributed by atoms with van der Waals surface area (Å²) in [6.07, 6.45) is 0.593. The molecule has 0 aliphatic carbocycles. The van der Waals surface area contributed by atoms with Crippen molar-refractivity contribution < 1.29 is 9.53 Å². The van der Waals surface area contributed by atoms with E-state index in [-0.39, 0.29) is 11.9 Å². The highest BCUT2D eigenvalue weighted by Gasteiger charge is 2.61. The second kappa shape index (κ2) is 6.73. The minimum atomic E-state index is -1.47. The molecule has 3 aromatic rings. The molecule has 3 heterocycles. The molecule has 0 radical (unpaired) electrons. The quantitative estimate of drug-likeness (QED) is 0.426. The van der Waals surface area contributed by atoms with Crippen LogP contribution in [0.1, 0.15) is 29.2 Å². The fourth-order valence-corrected chi connectivity index (χ4v) is 5.45. The van der Waals surface area contributed by atoms with Gasteiger partial charge in [-0.2, -0.15) is 5.10 Å². The summed E-state index contributed by atoms with van der Waals surface area (Å²) >= 11 is 16.4. The van der Waals surface area contributed by atoms with Crippen molar-refractivity contribution in [2.45, 2.75) is 18.2 Å². The number of anilines is 1. The number of halogens is 3. The van der Waals surface area contributed by atoms with Gasteiger partial charge in [0.25, 0.3) is 5.91 Å². The van der Waals surface area contributed by atoms with Gasteiger partial charge in [-0.3, -0.25) is 4.79 Å². The molecule has 154 valence electrons. The van der Waals surface area contributed by atoms with Gasteiger partial charge >= 0.3 is 5.72 Å². The van der Waals surface area contributed by atoms with Crippen molar-refractivity contribution in [2.24, 2.45) is 5.10 Å². The molecule has 0 fully saturated rings. The number of amides is 1. The molecule has 3 aliphatic heterocycles. The molecule has 0 aromatic heterocycles. The lowest BCUT2D eigenvalue weighted by Gasteiger charge is -2.44. The van der Waals surface area contributed by atoms with E-state index in [0.717, 1.165) is 21.3 Å². The molecule has 3 aromatic carbocycles. The van der Waals surface area contributed by atoms with Gasteiger partial charge in [-0.1, -0.05) is 69.5 Å². The van der Waals surface area contributed by atoms with Crippen molar-refractivity contribution in [2.75, 3.05) is 5.32 Å². The van der Waals surface area contributed by atoms with Crippen LogP contribution in [-0.4, -0.2) is 16.6 Å². The zero-order chi connectivity index (χ0) is 21.3. The fourth-order valence-electron chi connectivity index (χ4n) is 4.54. The Morgan fingerprint density at radius 1 is 1.13 bits per heavy atom. The van der Waals surface area contributed by atoms with Crippen molar-refractivity contribution in [3.05, 3.63) is 91.9 Å². The summed E-state index contributed by atoms with van der Waals surface area (Å²) in [4.78, 5) is 13.5. The largest absolute Gasteiger partial charge is 0.451 e. The Balaban J connectivity index is 1.62. The lowest BCUT2D eigenvalue weighted by atomic mass is 9.92. The summed E-state index contributed by atoms with van der Waals surface area (Å²) in [6, 6.07) is 18.7. The van der Waals surface area contributed by atoms with Gasteiger partial charge in [0.15, 0.2) is 0 Å². The number of rotatable bonds is 1.